The lowest BCUT2D eigenvalue weighted by Crippen LogP contribution is -2.16. The van der Waals surface area contributed by atoms with E-state index in [9.17, 15) is 0 Å². The summed E-state index contributed by atoms with van der Waals surface area (Å²) in [5, 5.41) is 6.96. The summed E-state index contributed by atoms with van der Waals surface area (Å²) >= 11 is 0. The van der Waals surface area contributed by atoms with E-state index in [1.807, 2.05) is 0 Å². The Labute approximate surface area is 320 Å². The molecule has 0 amide bonds. The molecule has 1 aromatic heterocycles. The SMILES string of the molecule is CC1(C)c2ccccc2-c2ccc(N(c3cccc(-c4ccccc4)c3)c3cccc4oc5c6ccccc6c(-c6ccc7ccccc7c6)cc5c34)cc21. The lowest BCUT2D eigenvalue weighted by Gasteiger charge is -2.29. The van der Waals surface area contributed by atoms with Gasteiger partial charge in [0.1, 0.15) is 11.2 Å². The monoisotopic (exact) mass is 703 g/mol. The van der Waals surface area contributed by atoms with Crippen LogP contribution in [0.5, 0.6) is 0 Å². The molecule has 0 aliphatic heterocycles. The molecule has 0 atom stereocenters. The zero-order chi connectivity index (χ0) is 36.7. The van der Waals surface area contributed by atoms with E-state index in [-0.39, 0.29) is 5.41 Å². The Balaban J connectivity index is 1.19. The zero-order valence-corrected chi connectivity index (χ0v) is 30.8. The summed E-state index contributed by atoms with van der Waals surface area (Å²) in [5.41, 5.74) is 15.0. The van der Waals surface area contributed by atoms with Gasteiger partial charge in [-0.3, -0.25) is 0 Å². The van der Waals surface area contributed by atoms with Gasteiger partial charge in [-0.1, -0.05) is 153 Å². The Morgan fingerprint density at radius 1 is 0.418 bits per heavy atom. The minimum absolute atomic E-state index is 0.137. The van der Waals surface area contributed by atoms with Crippen LogP contribution in [-0.4, -0.2) is 0 Å². The number of hydrogen-bond acceptors (Lipinski definition) is 2. The minimum Gasteiger partial charge on any atom is -0.455 e. The van der Waals surface area contributed by atoms with Crippen molar-refractivity contribution in [3.05, 3.63) is 199 Å². The lowest BCUT2D eigenvalue weighted by atomic mass is 9.82. The summed E-state index contributed by atoms with van der Waals surface area (Å²) in [5.74, 6) is 0. The molecule has 260 valence electrons. The Hall–Kier alpha value is -6.90. The van der Waals surface area contributed by atoms with Crippen LogP contribution in [0.25, 0.3) is 76.9 Å². The van der Waals surface area contributed by atoms with Crippen molar-refractivity contribution in [2.45, 2.75) is 19.3 Å². The molecule has 2 heteroatoms. The van der Waals surface area contributed by atoms with E-state index in [0.29, 0.717) is 0 Å². The Kier molecular flexibility index (Phi) is 6.93. The second kappa shape index (κ2) is 12.1. The van der Waals surface area contributed by atoms with Crippen LogP contribution in [0.2, 0.25) is 0 Å². The number of benzene rings is 9. The highest BCUT2D eigenvalue weighted by Gasteiger charge is 2.36. The maximum atomic E-state index is 6.91. The molecule has 10 aromatic rings. The van der Waals surface area contributed by atoms with Gasteiger partial charge in [0.15, 0.2) is 0 Å². The topological polar surface area (TPSA) is 16.4 Å². The van der Waals surface area contributed by atoms with Gasteiger partial charge in [-0.25, -0.2) is 0 Å². The smallest absolute Gasteiger partial charge is 0.143 e. The summed E-state index contributed by atoms with van der Waals surface area (Å²) in [4.78, 5) is 2.44. The molecule has 0 radical (unpaired) electrons. The summed E-state index contributed by atoms with van der Waals surface area (Å²) in [6.07, 6.45) is 0. The van der Waals surface area contributed by atoms with Gasteiger partial charge >= 0.3 is 0 Å². The molecule has 0 bridgehead atoms. The number of hydrogen-bond donors (Lipinski definition) is 0. The number of rotatable bonds is 5. The van der Waals surface area contributed by atoms with E-state index in [1.165, 1.54) is 60.7 Å². The summed E-state index contributed by atoms with van der Waals surface area (Å²) < 4.78 is 6.91. The van der Waals surface area contributed by atoms with Crippen LogP contribution >= 0.6 is 0 Å². The number of furan rings is 1. The van der Waals surface area contributed by atoms with Crippen LogP contribution in [-0.2, 0) is 5.41 Å². The van der Waals surface area contributed by atoms with Crippen molar-refractivity contribution in [2.75, 3.05) is 4.90 Å². The first kappa shape index (κ1) is 31.6. The fourth-order valence-corrected chi connectivity index (χ4v) is 9.13. The predicted molar refractivity (Wildman–Crippen MR) is 232 cm³/mol. The van der Waals surface area contributed by atoms with Crippen LogP contribution in [0.1, 0.15) is 25.0 Å². The van der Waals surface area contributed by atoms with Gasteiger partial charge in [0.2, 0.25) is 0 Å². The second-order valence-electron chi connectivity index (χ2n) is 15.3. The molecule has 55 heavy (non-hydrogen) atoms. The molecule has 1 heterocycles. The van der Waals surface area contributed by atoms with Gasteiger partial charge < -0.3 is 9.32 Å². The van der Waals surface area contributed by atoms with Crippen LogP contribution in [0.15, 0.2) is 192 Å². The largest absolute Gasteiger partial charge is 0.455 e. The molecule has 0 saturated heterocycles. The normalized spacial score (nSPS) is 13.1. The third-order valence-corrected chi connectivity index (χ3v) is 11.8. The Bertz CT molecular complexity index is 3130. The Morgan fingerprint density at radius 2 is 1.13 bits per heavy atom. The van der Waals surface area contributed by atoms with Gasteiger partial charge in [-0.2, -0.15) is 0 Å². The van der Waals surface area contributed by atoms with Crippen molar-refractivity contribution < 1.29 is 4.42 Å². The molecule has 0 fully saturated rings. The van der Waals surface area contributed by atoms with Gasteiger partial charge in [0.05, 0.1) is 11.1 Å². The quantitative estimate of drug-likeness (QED) is 0.177. The number of anilines is 3. The standard InChI is InChI=1S/C53H37NO/c1-53(2)47-23-11-10-21-42(47)43-29-28-40(32-48(43)53)54(39-19-12-18-37(31-39)34-14-4-3-5-15-34)49-24-13-25-50-51(49)46-33-45(41-20-8-9-22-44(41)52(46)55-50)38-27-26-35-16-6-7-17-36(35)30-38/h3-33H,1-2H3. The zero-order valence-electron chi connectivity index (χ0n) is 30.8. The van der Waals surface area contributed by atoms with Crippen molar-refractivity contribution in [3.63, 3.8) is 0 Å². The highest BCUT2D eigenvalue weighted by atomic mass is 16.3. The third-order valence-electron chi connectivity index (χ3n) is 11.8. The van der Waals surface area contributed by atoms with Crippen LogP contribution in [0.3, 0.4) is 0 Å². The second-order valence-corrected chi connectivity index (χ2v) is 15.3. The summed E-state index contributed by atoms with van der Waals surface area (Å²) in [6.45, 7) is 4.71. The molecule has 0 spiro atoms. The molecule has 2 nitrogen and oxygen atoms in total. The van der Waals surface area contributed by atoms with E-state index in [0.717, 1.165) is 44.4 Å². The van der Waals surface area contributed by atoms with E-state index in [1.54, 1.807) is 0 Å². The molecule has 9 aromatic carbocycles. The van der Waals surface area contributed by atoms with Gasteiger partial charge in [0, 0.05) is 27.6 Å². The lowest BCUT2D eigenvalue weighted by molar-refractivity contribution is 0.660. The van der Waals surface area contributed by atoms with Gasteiger partial charge in [-0.15, -0.1) is 0 Å². The van der Waals surface area contributed by atoms with E-state index in [2.05, 4.69) is 207 Å². The van der Waals surface area contributed by atoms with E-state index >= 15 is 0 Å². The fraction of sp³-hybridized carbons (Fsp3) is 0.0566. The molecule has 1 aliphatic rings. The van der Waals surface area contributed by atoms with Crippen LogP contribution < -0.4 is 4.90 Å². The summed E-state index contributed by atoms with van der Waals surface area (Å²) in [6, 6.07) is 68.4. The van der Waals surface area contributed by atoms with Crippen molar-refractivity contribution in [3.8, 4) is 33.4 Å². The average molecular weight is 704 g/mol. The van der Waals surface area contributed by atoms with Crippen molar-refractivity contribution in [1.82, 2.24) is 0 Å². The maximum Gasteiger partial charge on any atom is 0.143 e. The number of fused-ring (bicyclic) bond motifs is 9. The average Bonchev–Trinajstić information content (AvgIpc) is 3.73. The molecule has 11 rings (SSSR count). The number of nitrogens with zero attached hydrogens (tertiary/aromatic N) is 1. The summed E-state index contributed by atoms with van der Waals surface area (Å²) in [7, 11) is 0. The van der Waals surface area contributed by atoms with Gasteiger partial charge in [0.25, 0.3) is 0 Å². The first-order valence-electron chi connectivity index (χ1n) is 19.1. The molecular formula is C53H37NO. The third kappa shape index (κ3) is 4.88. The molecule has 1 aliphatic carbocycles. The first-order valence-corrected chi connectivity index (χ1v) is 19.1. The Morgan fingerprint density at radius 3 is 2.02 bits per heavy atom. The van der Waals surface area contributed by atoms with Gasteiger partial charge in [-0.05, 0) is 109 Å². The highest BCUT2D eigenvalue weighted by molar-refractivity contribution is 6.22. The minimum atomic E-state index is -0.137. The fourth-order valence-electron chi connectivity index (χ4n) is 9.13. The van der Waals surface area contributed by atoms with Crippen LogP contribution in [0.4, 0.5) is 17.1 Å². The molecular weight excluding hydrogens is 667 g/mol. The van der Waals surface area contributed by atoms with E-state index in [4.69, 9.17) is 4.42 Å². The predicted octanol–water partition coefficient (Wildman–Crippen LogP) is 15.0. The first-order chi connectivity index (χ1) is 27.0. The van der Waals surface area contributed by atoms with Crippen molar-refractivity contribution in [1.29, 1.82) is 0 Å². The molecule has 0 unspecified atom stereocenters. The molecule has 0 N–H and O–H groups in total. The maximum absolute atomic E-state index is 6.91. The van der Waals surface area contributed by atoms with Crippen molar-refractivity contribution in [2.24, 2.45) is 0 Å². The molecule has 0 saturated carbocycles. The van der Waals surface area contributed by atoms with Crippen molar-refractivity contribution >= 4 is 60.5 Å². The van der Waals surface area contributed by atoms with Crippen LogP contribution in [0, 0.1) is 0 Å². The van der Waals surface area contributed by atoms with E-state index < -0.39 is 0 Å². The highest BCUT2D eigenvalue weighted by Crippen LogP contribution is 2.52.